The molecule has 1 saturated carbocycles. The number of hydrogen-bond acceptors (Lipinski definition) is 3. The normalized spacial score (nSPS) is 18.9. The molecule has 3 nitrogen and oxygen atoms in total. The van der Waals surface area contributed by atoms with E-state index in [2.05, 4.69) is 11.4 Å². The minimum Gasteiger partial charge on any atom is -0.306 e. The molecule has 0 aromatic heterocycles. The quantitative estimate of drug-likeness (QED) is 0.709. The van der Waals surface area contributed by atoms with Crippen LogP contribution >= 0.6 is 0 Å². The number of hydrogen-bond donors (Lipinski definition) is 1. The average Bonchev–Trinajstić information content (AvgIpc) is 3.18. The number of rotatable bonds is 9. The zero-order valence-corrected chi connectivity index (χ0v) is 12.3. The molecule has 0 amide bonds. The highest BCUT2D eigenvalue weighted by molar-refractivity contribution is 5.09. The van der Waals surface area contributed by atoms with Gasteiger partial charge >= 0.3 is 6.18 Å². The number of nitrogens with zero attached hydrogens (tertiary/aromatic N) is 2. The van der Waals surface area contributed by atoms with Crippen LogP contribution in [-0.2, 0) is 0 Å². The zero-order valence-electron chi connectivity index (χ0n) is 12.3. The Morgan fingerprint density at radius 2 is 1.90 bits per heavy atom. The van der Waals surface area contributed by atoms with Gasteiger partial charge in [-0.15, -0.1) is 0 Å². The molecule has 1 fully saturated rings. The third kappa shape index (κ3) is 6.58. The molecule has 6 heteroatoms. The van der Waals surface area contributed by atoms with Crippen molar-refractivity contribution in [2.75, 3.05) is 20.1 Å². The van der Waals surface area contributed by atoms with Gasteiger partial charge < -0.3 is 4.90 Å². The summed E-state index contributed by atoms with van der Waals surface area (Å²) in [5.74, 6) is 0. The highest BCUT2D eigenvalue weighted by Crippen LogP contribution is 2.26. The SMILES string of the molecule is CCC(C#N)(CCCN(C)CCC(F)(F)F)NC1CC1. The van der Waals surface area contributed by atoms with E-state index in [1.165, 1.54) is 0 Å². The van der Waals surface area contributed by atoms with Crippen molar-refractivity contribution in [2.24, 2.45) is 0 Å². The van der Waals surface area contributed by atoms with Crippen LogP contribution in [0.4, 0.5) is 13.2 Å². The lowest BCUT2D eigenvalue weighted by Crippen LogP contribution is -2.45. The second-order valence-electron chi connectivity index (χ2n) is 5.74. The number of nitrogens with one attached hydrogen (secondary N) is 1. The van der Waals surface area contributed by atoms with E-state index in [1.807, 2.05) is 6.92 Å². The van der Waals surface area contributed by atoms with Gasteiger partial charge in [-0.2, -0.15) is 18.4 Å². The fourth-order valence-electron chi connectivity index (χ4n) is 2.22. The Kier molecular flexibility index (Phi) is 6.28. The third-order valence-electron chi connectivity index (χ3n) is 3.80. The van der Waals surface area contributed by atoms with Gasteiger partial charge in [-0.25, -0.2) is 0 Å². The molecule has 0 saturated heterocycles. The highest BCUT2D eigenvalue weighted by atomic mass is 19.4. The third-order valence-corrected chi connectivity index (χ3v) is 3.80. The lowest BCUT2D eigenvalue weighted by atomic mass is 9.91. The molecule has 0 heterocycles. The molecular formula is C14H24F3N3. The first-order valence-corrected chi connectivity index (χ1v) is 7.24. The first kappa shape index (κ1) is 17.3. The van der Waals surface area contributed by atoms with E-state index in [0.717, 1.165) is 25.7 Å². The number of halogens is 3. The second kappa shape index (κ2) is 7.28. The van der Waals surface area contributed by atoms with E-state index < -0.39 is 18.1 Å². The van der Waals surface area contributed by atoms with Crippen LogP contribution in [0.5, 0.6) is 0 Å². The Morgan fingerprint density at radius 1 is 1.25 bits per heavy atom. The largest absolute Gasteiger partial charge is 0.390 e. The van der Waals surface area contributed by atoms with E-state index in [0.29, 0.717) is 19.0 Å². The van der Waals surface area contributed by atoms with Crippen molar-refractivity contribution in [3.8, 4) is 6.07 Å². The van der Waals surface area contributed by atoms with Gasteiger partial charge in [0.1, 0.15) is 5.54 Å². The summed E-state index contributed by atoms with van der Waals surface area (Å²) >= 11 is 0. The lowest BCUT2D eigenvalue weighted by Gasteiger charge is -2.28. The van der Waals surface area contributed by atoms with Crippen LogP contribution in [0, 0.1) is 11.3 Å². The summed E-state index contributed by atoms with van der Waals surface area (Å²) in [6.07, 6.45) is -0.485. The Morgan fingerprint density at radius 3 is 2.35 bits per heavy atom. The summed E-state index contributed by atoms with van der Waals surface area (Å²) in [4.78, 5) is 1.68. The van der Waals surface area contributed by atoms with Crippen molar-refractivity contribution < 1.29 is 13.2 Å². The maximum atomic E-state index is 12.1. The summed E-state index contributed by atoms with van der Waals surface area (Å²) < 4.78 is 36.3. The van der Waals surface area contributed by atoms with Crippen LogP contribution in [0.2, 0.25) is 0 Å². The lowest BCUT2D eigenvalue weighted by molar-refractivity contribution is -0.137. The molecule has 0 aromatic rings. The topological polar surface area (TPSA) is 39.1 Å². The number of alkyl halides is 3. The van der Waals surface area contributed by atoms with E-state index in [-0.39, 0.29) is 6.54 Å². The van der Waals surface area contributed by atoms with Crippen LogP contribution in [0.15, 0.2) is 0 Å². The van der Waals surface area contributed by atoms with Crippen LogP contribution in [0.1, 0.15) is 45.4 Å². The molecule has 116 valence electrons. The van der Waals surface area contributed by atoms with E-state index in [1.54, 1.807) is 11.9 Å². The van der Waals surface area contributed by atoms with Gasteiger partial charge in [0.2, 0.25) is 0 Å². The standard InChI is InChI=1S/C14H24F3N3/c1-3-13(11-18,19-12-5-6-12)7-4-9-20(2)10-8-14(15,16)17/h12,19H,3-10H2,1-2H3. The highest BCUT2D eigenvalue weighted by Gasteiger charge is 2.34. The van der Waals surface area contributed by atoms with Crippen molar-refractivity contribution in [3.05, 3.63) is 0 Å². The molecule has 1 aliphatic carbocycles. The first-order valence-electron chi connectivity index (χ1n) is 7.24. The zero-order chi connectivity index (χ0) is 15.2. The molecule has 0 bridgehead atoms. The van der Waals surface area contributed by atoms with Crippen LogP contribution < -0.4 is 5.32 Å². The predicted octanol–water partition coefficient (Wildman–Crippen LogP) is 3.08. The van der Waals surface area contributed by atoms with E-state index >= 15 is 0 Å². The van der Waals surface area contributed by atoms with Crippen molar-refractivity contribution in [2.45, 2.75) is 63.2 Å². The molecule has 0 aliphatic heterocycles. The molecule has 1 rings (SSSR count). The Balaban J connectivity index is 2.27. The fraction of sp³-hybridized carbons (Fsp3) is 0.929. The molecule has 20 heavy (non-hydrogen) atoms. The molecule has 0 radical (unpaired) electrons. The Hall–Kier alpha value is -0.800. The predicted molar refractivity (Wildman–Crippen MR) is 72.2 cm³/mol. The molecule has 1 atom stereocenters. The average molecular weight is 291 g/mol. The van der Waals surface area contributed by atoms with Crippen molar-refractivity contribution in [1.29, 1.82) is 5.26 Å². The Labute approximate surface area is 119 Å². The monoisotopic (exact) mass is 291 g/mol. The van der Waals surface area contributed by atoms with Gasteiger partial charge in [0.15, 0.2) is 0 Å². The molecular weight excluding hydrogens is 267 g/mol. The van der Waals surface area contributed by atoms with Gasteiger partial charge in [-0.05, 0) is 45.7 Å². The summed E-state index contributed by atoms with van der Waals surface area (Å²) in [6, 6.07) is 2.81. The number of nitriles is 1. The van der Waals surface area contributed by atoms with Crippen molar-refractivity contribution >= 4 is 0 Å². The first-order chi connectivity index (χ1) is 9.30. The van der Waals surface area contributed by atoms with Gasteiger partial charge in [-0.3, -0.25) is 5.32 Å². The van der Waals surface area contributed by atoms with Gasteiger partial charge in [-0.1, -0.05) is 6.92 Å². The van der Waals surface area contributed by atoms with Gasteiger partial charge in [0, 0.05) is 12.6 Å². The minimum absolute atomic E-state index is 0.0191. The van der Waals surface area contributed by atoms with E-state index in [9.17, 15) is 18.4 Å². The van der Waals surface area contributed by atoms with Gasteiger partial charge in [0.25, 0.3) is 0 Å². The summed E-state index contributed by atoms with van der Waals surface area (Å²) in [6.45, 7) is 2.59. The summed E-state index contributed by atoms with van der Waals surface area (Å²) in [5.41, 5.74) is -0.508. The van der Waals surface area contributed by atoms with Crippen LogP contribution in [0.3, 0.4) is 0 Å². The molecule has 1 N–H and O–H groups in total. The van der Waals surface area contributed by atoms with Crippen LogP contribution in [-0.4, -0.2) is 42.8 Å². The summed E-state index contributed by atoms with van der Waals surface area (Å²) in [7, 11) is 1.69. The maximum absolute atomic E-state index is 12.1. The Bertz CT molecular complexity index is 334. The van der Waals surface area contributed by atoms with Crippen LogP contribution in [0.25, 0.3) is 0 Å². The smallest absolute Gasteiger partial charge is 0.306 e. The fourth-order valence-corrected chi connectivity index (χ4v) is 2.22. The summed E-state index contributed by atoms with van der Waals surface area (Å²) in [5, 5.41) is 12.7. The molecule has 0 aromatic carbocycles. The molecule has 0 spiro atoms. The molecule has 1 aliphatic rings. The van der Waals surface area contributed by atoms with Crippen molar-refractivity contribution in [3.63, 3.8) is 0 Å². The second-order valence-corrected chi connectivity index (χ2v) is 5.74. The van der Waals surface area contributed by atoms with Crippen molar-refractivity contribution in [1.82, 2.24) is 10.2 Å². The minimum atomic E-state index is -4.10. The molecule has 1 unspecified atom stereocenters. The maximum Gasteiger partial charge on any atom is 0.390 e. The van der Waals surface area contributed by atoms with Gasteiger partial charge in [0.05, 0.1) is 12.5 Å². The van der Waals surface area contributed by atoms with E-state index in [4.69, 9.17) is 0 Å².